The highest BCUT2D eigenvalue weighted by atomic mass is 16.5. The smallest absolute Gasteiger partial charge is 0.430 e. The standard InChI is InChI=1S/C16H24N3O3/c1-11(2)21-15-10-14(19-5-7-20-8-6-19)16(22-12(3)4)9-13(15)18-17/h9-12H,5-8H2,1-4H3/q+1. The molecule has 0 spiro atoms. The van der Waals surface area contributed by atoms with Gasteiger partial charge in [-0.1, -0.05) is 0 Å². The summed E-state index contributed by atoms with van der Waals surface area (Å²) >= 11 is 0. The van der Waals surface area contributed by atoms with Crippen LogP contribution in [0.1, 0.15) is 27.7 Å². The van der Waals surface area contributed by atoms with Crippen molar-refractivity contribution in [1.82, 2.24) is 0 Å². The first-order chi connectivity index (χ1) is 10.5. The van der Waals surface area contributed by atoms with Gasteiger partial charge < -0.3 is 19.1 Å². The van der Waals surface area contributed by atoms with Crippen LogP contribution in [-0.4, -0.2) is 38.5 Å². The molecular formula is C16H24N3O3+. The summed E-state index contributed by atoms with van der Waals surface area (Å²) in [6.45, 7) is 10.8. The number of anilines is 1. The largest absolute Gasteiger partial charge is 0.489 e. The van der Waals surface area contributed by atoms with Crippen LogP contribution in [0.2, 0.25) is 0 Å². The number of hydrogen-bond donors (Lipinski definition) is 0. The van der Waals surface area contributed by atoms with Crippen molar-refractivity contribution in [1.29, 1.82) is 5.39 Å². The Bertz CT molecular complexity index is 546. The van der Waals surface area contributed by atoms with E-state index in [1.807, 2.05) is 33.8 Å². The zero-order valence-electron chi connectivity index (χ0n) is 13.7. The highest BCUT2D eigenvalue weighted by Gasteiger charge is 2.25. The lowest BCUT2D eigenvalue weighted by Crippen LogP contribution is -2.36. The van der Waals surface area contributed by atoms with Crippen LogP contribution in [0.3, 0.4) is 0 Å². The van der Waals surface area contributed by atoms with E-state index in [0.717, 1.165) is 18.8 Å². The number of morpholine rings is 1. The van der Waals surface area contributed by atoms with Crippen molar-refractivity contribution in [3.8, 4) is 11.5 Å². The summed E-state index contributed by atoms with van der Waals surface area (Å²) in [6, 6.07) is 3.61. The second-order valence-corrected chi connectivity index (χ2v) is 5.82. The number of hydrogen-bond acceptors (Lipinski definition) is 5. The molecule has 0 atom stereocenters. The Hall–Kier alpha value is -2.00. The van der Waals surface area contributed by atoms with Crippen LogP contribution < -0.4 is 14.4 Å². The van der Waals surface area contributed by atoms with Crippen molar-refractivity contribution in [2.24, 2.45) is 0 Å². The Morgan fingerprint density at radius 2 is 1.64 bits per heavy atom. The maximum absolute atomic E-state index is 9.25. The van der Waals surface area contributed by atoms with E-state index >= 15 is 0 Å². The molecular weight excluding hydrogens is 282 g/mol. The molecule has 6 nitrogen and oxygen atoms in total. The fourth-order valence-corrected chi connectivity index (χ4v) is 2.36. The van der Waals surface area contributed by atoms with E-state index in [-0.39, 0.29) is 12.2 Å². The number of rotatable bonds is 5. The van der Waals surface area contributed by atoms with E-state index in [2.05, 4.69) is 9.88 Å². The molecule has 0 aliphatic carbocycles. The SMILES string of the molecule is CC(C)Oc1cc(N2CCOCC2)c(OC(C)C)cc1[N+]#N. The molecule has 0 N–H and O–H groups in total. The van der Waals surface area contributed by atoms with Crippen LogP contribution in [-0.2, 0) is 4.74 Å². The highest BCUT2D eigenvalue weighted by molar-refractivity contribution is 5.72. The average Bonchev–Trinajstić information content (AvgIpc) is 2.48. The monoisotopic (exact) mass is 306 g/mol. The lowest BCUT2D eigenvalue weighted by molar-refractivity contribution is 0.122. The summed E-state index contributed by atoms with van der Waals surface area (Å²) in [5.74, 6) is 1.25. The first kappa shape index (κ1) is 16.4. The molecule has 1 fully saturated rings. The minimum atomic E-state index is -0.00472. The van der Waals surface area contributed by atoms with Gasteiger partial charge in [-0.25, -0.2) is 0 Å². The van der Waals surface area contributed by atoms with E-state index in [4.69, 9.17) is 14.2 Å². The van der Waals surface area contributed by atoms with Gasteiger partial charge in [0.05, 0.1) is 37.2 Å². The van der Waals surface area contributed by atoms with Crippen LogP contribution >= 0.6 is 0 Å². The number of nitrogens with zero attached hydrogens (tertiary/aromatic N) is 3. The first-order valence-electron chi connectivity index (χ1n) is 7.70. The van der Waals surface area contributed by atoms with Gasteiger partial charge in [-0.15, -0.1) is 0 Å². The molecule has 22 heavy (non-hydrogen) atoms. The molecule has 1 aromatic carbocycles. The fraction of sp³-hybridized carbons (Fsp3) is 0.625. The Morgan fingerprint density at radius 3 is 2.18 bits per heavy atom. The Kier molecular flexibility index (Phi) is 5.45. The van der Waals surface area contributed by atoms with Gasteiger partial charge in [0.2, 0.25) is 11.1 Å². The van der Waals surface area contributed by atoms with Crippen molar-refractivity contribution < 1.29 is 14.2 Å². The normalized spacial score (nSPS) is 15.0. The molecule has 1 aliphatic heterocycles. The molecule has 0 saturated carbocycles. The molecule has 1 aliphatic rings. The van der Waals surface area contributed by atoms with Crippen LogP contribution in [0.5, 0.6) is 11.5 Å². The maximum atomic E-state index is 9.25. The molecule has 1 saturated heterocycles. The van der Waals surface area contributed by atoms with Crippen LogP contribution in [0, 0.1) is 5.39 Å². The van der Waals surface area contributed by atoms with Gasteiger partial charge in [0.1, 0.15) is 0 Å². The van der Waals surface area contributed by atoms with Crippen molar-refractivity contribution in [3.05, 3.63) is 17.1 Å². The van der Waals surface area contributed by atoms with Crippen molar-refractivity contribution >= 4 is 11.4 Å². The van der Waals surface area contributed by atoms with E-state index in [9.17, 15) is 5.39 Å². The van der Waals surface area contributed by atoms with Gasteiger partial charge >= 0.3 is 5.69 Å². The molecule has 6 heteroatoms. The summed E-state index contributed by atoms with van der Waals surface area (Å²) in [7, 11) is 0. The molecule has 0 bridgehead atoms. The predicted octanol–water partition coefficient (Wildman–Crippen LogP) is 3.58. The van der Waals surface area contributed by atoms with Gasteiger partial charge in [-0.05, 0) is 27.7 Å². The zero-order chi connectivity index (χ0) is 16.1. The van der Waals surface area contributed by atoms with Gasteiger partial charge in [0.25, 0.3) is 0 Å². The summed E-state index contributed by atoms with van der Waals surface area (Å²) in [5, 5.41) is 9.25. The minimum absolute atomic E-state index is 0.00472. The van der Waals surface area contributed by atoms with Crippen LogP contribution in [0.25, 0.3) is 4.98 Å². The highest BCUT2D eigenvalue weighted by Crippen LogP contribution is 2.41. The van der Waals surface area contributed by atoms with Gasteiger partial charge in [0.15, 0.2) is 10.7 Å². The lowest BCUT2D eigenvalue weighted by atomic mass is 10.2. The number of benzene rings is 1. The van der Waals surface area contributed by atoms with Crippen molar-refractivity contribution in [2.75, 3.05) is 31.2 Å². The summed E-state index contributed by atoms with van der Waals surface area (Å²) in [4.78, 5) is 5.53. The lowest BCUT2D eigenvalue weighted by Gasteiger charge is -2.30. The minimum Gasteiger partial charge on any atom is -0.489 e. The molecule has 0 radical (unpaired) electrons. The third kappa shape index (κ3) is 4.01. The fourth-order valence-electron chi connectivity index (χ4n) is 2.36. The molecule has 120 valence electrons. The molecule has 0 unspecified atom stereocenters. The Morgan fingerprint density at radius 1 is 1.05 bits per heavy atom. The van der Waals surface area contributed by atoms with Crippen LogP contribution in [0.15, 0.2) is 12.1 Å². The van der Waals surface area contributed by atoms with Gasteiger partial charge in [-0.3, -0.25) is 0 Å². The Labute approximate surface area is 131 Å². The van der Waals surface area contributed by atoms with Crippen molar-refractivity contribution in [2.45, 2.75) is 39.9 Å². The second-order valence-electron chi connectivity index (χ2n) is 5.82. The molecule has 0 amide bonds. The van der Waals surface area contributed by atoms with E-state index in [1.54, 1.807) is 6.07 Å². The summed E-state index contributed by atoms with van der Waals surface area (Å²) in [6.07, 6.45) is 0.0260. The quantitative estimate of drug-likeness (QED) is 0.778. The number of ether oxygens (including phenoxy) is 3. The molecule has 1 heterocycles. The topological polar surface area (TPSA) is 59.1 Å². The number of diazo groups is 1. The van der Waals surface area contributed by atoms with E-state index < -0.39 is 0 Å². The third-order valence-corrected chi connectivity index (χ3v) is 3.23. The molecule has 0 aromatic heterocycles. The third-order valence-electron chi connectivity index (χ3n) is 3.23. The average molecular weight is 306 g/mol. The van der Waals surface area contributed by atoms with E-state index in [1.165, 1.54) is 0 Å². The van der Waals surface area contributed by atoms with Crippen LogP contribution in [0.4, 0.5) is 11.4 Å². The Balaban J connectivity index is 2.43. The first-order valence-corrected chi connectivity index (χ1v) is 7.70. The van der Waals surface area contributed by atoms with Gasteiger partial charge in [0, 0.05) is 19.2 Å². The summed E-state index contributed by atoms with van der Waals surface area (Å²) < 4.78 is 17.1. The van der Waals surface area contributed by atoms with E-state index in [0.29, 0.717) is 30.4 Å². The molecule has 2 rings (SSSR count). The molecule has 1 aromatic rings. The second kappa shape index (κ2) is 7.32. The van der Waals surface area contributed by atoms with Gasteiger partial charge in [-0.2, -0.15) is 0 Å². The maximum Gasteiger partial charge on any atom is 0.430 e. The van der Waals surface area contributed by atoms with Crippen molar-refractivity contribution in [3.63, 3.8) is 0 Å². The summed E-state index contributed by atoms with van der Waals surface area (Å²) in [5.41, 5.74) is 1.32. The predicted molar refractivity (Wildman–Crippen MR) is 85.7 cm³/mol. The zero-order valence-corrected chi connectivity index (χ0v) is 13.7.